The van der Waals surface area contributed by atoms with Crippen LogP contribution in [0.4, 0.5) is 0 Å². The number of nitrogens with one attached hydrogen (secondary N) is 1. The third-order valence-electron chi connectivity index (χ3n) is 3.74. The summed E-state index contributed by atoms with van der Waals surface area (Å²) >= 11 is 0. The quantitative estimate of drug-likeness (QED) is 0.528. The van der Waals surface area contributed by atoms with Gasteiger partial charge in [0.05, 0.1) is 6.26 Å². The number of ether oxygens (including phenoxy) is 1. The minimum Gasteiger partial charge on any atom is -0.508 e. The van der Waals surface area contributed by atoms with Gasteiger partial charge in [-0.25, -0.2) is 4.79 Å². The van der Waals surface area contributed by atoms with Crippen LogP contribution < -0.4 is 10.9 Å². The maximum Gasteiger partial charge on any atom is 0.336 e. The first-order chi connectivity index (χ1) is 12.5. The van der Waals surface area contributed by atoms with Gasteiger partial charge in [-0.15, -0.1) is 0 Å². The molecule has 26 heavy (non-hydrogen) atoms. The second-order valence-electron chi connectivity index (χ2n) is 5.50. The smallest absolute Gasteiger partial charge is 0.336 e. The highest BCUT2D eigenvalue weighted by molar-refractivity contribution is 5.93. The maximum atomic E-state index is 11.8. The standard InChI is InChI=1S/C18H15NO7/c1-10-13(20)5-4-12-11(7-15(21)26-17(10)12)9-25-16(22)8-19-18(23)14-3-2-6-24-14/h2-7,20H,8-9H2,1H3,(H,19,23). The van der Waals surface area contributed by atoms with Gasteiger partial charge in [0, 0.05) is 22.6 Å². The molecule has 3 rings (SSSR count). The zero-order chi connectivity index (χ0) is 18.7. The van der Waals surface area contributed by atoms with Crippen LogP contribution in [-0.2, 0) is 16.1 Å². The van der Waals surface area contributed by atoms with Gasteiger partial charge in [0.2, 0.25) is 0 Å². The fourth-order valence-corrected chi connectivity index (χ4v) is 2.39. The van der Waals surface area contributed by atoms with Crippen molar-refractivity contribution in [3.05, 3.63) is 63.9 Å². The molecule has 2 N–H and O–H groups in total. The van der Waals surface area contributed by atoms with Crippen molar-refractivity contribution >= 4 is 22.8 Å². The van der Waals surface area contributed by atoms with Gasteiger partial charge in [0.15, 0.2) is 5.76 Å². The van der Waals surface area contributed by atoms with Crippen LogP contribution in [0, 0.1) is 6.92 Å². The number of furan rings is 1. The number of aryl methyl sites for hydroxylation is 1. The summed E-state index contributed by atoms with van der Waals surface area (Å²) in [5.74, 6) is -1.14. The second-order valence-corrected chi connectivity index (χ2v) is 5.50. The predicted octanol–water partition coefficient (Wildman–Crippen LogP) is 1.87. The van der Waals surface area contributed by atoms with E-state index in [9.17, 15) is 19.5 Å². The summed E-state index contributed by atoms with van der Waals surface area (Å²) in [5.41, 5.74) is 0.460. The van der Waals surface area contributed by atoms with Crippen LogP contribution in [0.1, 0.15) is 21.7 Å². The Balaban J connectivity index is 1.68. The summed E-state index contributed by atoms with van der Waals surface area (Å²) in [6.07, 6.45) is 1.35. The molecule has 2 aromatic heterocycles. The zero-order valence-corrected chi connectivity index (χ0v) is 13.8. The van der Waals surface area contributed by atoms with Gasteiger partial charge >= 0.3 is 11.6 Å². The van der Waals surface area contributed by atoms with Crippen LogP contribution in [0.3, 0.4) is 0 Å². The van der Waals surface area contributed by atoms with Gasteiger partial charge in [-0.1, -0.05) is 0 Å². The van der Waals surface area contributed by atoms with Gasteiger partial charge < -0.3 is 24.0 Å². The average Bonchev–Trinajstić information content (AvgIpc) is 3.16. The van der Waals surface area contributed by atoms with E-state index in [1.54, 1.807) is 19.1 Å². The number of phenolic OH excluding ortho intramolecular Hbond substituents is 1. The van der Waals surface area contributed by atoms with Gasteiger partial charge in [-0.3, -0.25) is 9.59 Å². The first-order valence-electron chi connectivity index (χ1n) is 7.68. The topological polar surface area (TPSA) is 119 Å². The first kappa shape index (κ1) is 17.3. The summed E-state index contributed by atoms with van der Waals surface area (Å²) in [5, 5.41) is 12.6. The van der Waals surface area contributed by atoms with Crippen molar-refractivity contribution in [3.8, 4) is 5.75 Å². The van der Waals surface area contributed by atoms with Crippen LogP contribution in [0.5, 0.6) is 5.75 Å². The zero-order valence-electron chi connectivity index (χ0n) is 13.8. The van der Waals surface area contributed by atoms with E-state index in [1.165, 1.54) is 24.5 Å². The van der Waals surface area contributed by atoms with E-state index < -0.39 is 17.5 Å². The lowest BCUT2D eigenvalue weighted by Gasteiger charge is -2.09. The molecule has 0 aliphatic rings. The van der Waals surface area contributed by atoms with E-state index in [4.69, 9.17) is 13.6 Å². The third kappa shape index (κ3) is 3.59. The molecule has 1 amide bonds. The molecule has 0 bridgehead atoms. The summed E-state index contributed by atoms with van der Waals surface area (Å²) in [7, 11) is 0. The number of hydrogen-bond donors (Lipinski definition) is 2. The minimum atomic E-state index is -0.679. The third-order valence-corrected chi connectivity index (χ3v) is 3.74. The molecule has 8 nitrogen and oxygen atoms in total. The second kappa shape index (κ2) is 7.14. The fourth-order valence-electron chi connectivity index (χ4n) is 2.39. The highest BCUT2D eigenvalue weighted by Gasteiger charge is 2.14. The Kier molecular flexibility index (Phi) is 4.74. The molecule has 0 fully saturated rings. The number of carbonyl (C=O) groups is 2. The highest BCUT2D eigenvalue weighted by atomic mass is 16.5. The van der Waals surface area contributed by atoms with Crippen molar-refractivity contribution in [1.82, 2.24) is 5.32 Å². The Morgan fingerprint density at radius 1 is 1.27 bits per heavy atom. The van der Waals surface area contributed by atoms with Gasteiger partial charge in [0.25, 0.3) is 5.91 Å². The molecule has 0 spiro atoms. The van der Waals surface area contributed by atoms with Crippen molar-refractivity contribution in [2.45, 2.75) is 13.5 Å². The van der Waals surface area contributed by atoms with E-state index >= 15 is 0 Å². The molecule has 0 aliphatic carbocycles. The van der Waals surface area contributed by atoms with Crippen LogP contribution in [0.15, 0.2) is 50.2 Å². The number of benzene rings is 1. The molecule has 0 radical (unpaired) electrons. The van der Waals surface area contributed by atoms with Gasteiger partial charge in [0.1, 0.15) is 24.5 Å². The lowest BCUT2D eigenvalue weighted by Crippen LogP contribution is -2.30. The SMILES string of the molecule is Cc1c(O)ccc2c(COC(=O)CNC(=O)c3ccco3)cc(=O)oc12. The average molecular weight is 357 g/mol. The molecule has 0 unspecified atom stereocenters. The monoisotopic (exact) mass is 357 g/mol. The van der Waals surface area contributed by atoms with Crippen LogP contribution in [0.2, 0.25) is 0 Å². The number of hydrogen-bond acceptors (Lipinski definition) is 7. The Hall–Kier alpha value is -3.55. The maximum absolute atomic E-state index is 11.8. The Labute approximate surface area is 147 Å². The van der Waals surface area contributed by atoms with Crippen molar-refractivity contribution in [2.24, 2.45) is 0 Å². The Morgan fingerprint density at radius 2 is 2.08 bits per heavy atom. The number of phenols is 1. The Bertz CT molecular complexity index is 1020. The van der Waals surface area contributed by atoms with Crippen LogP contribution in [-0.4, -0.2) is 23.5 Å². The molecule has 0 aliphatic heterocycles. The van der Waals surface area contributed by atoms with Crippen molar-refractivity contribution in [3.63, 3.8) is 0 Å². The molecule has 0 saturated carbocycles. The highest BCUT2D eigenvalue weighted by Crippen LogP contribution is 2.27. The molecule has 3 aromatic rings. The van der Waals surface area contributed by atoms with Crippen molar-refractivity contribution in [2.75, 3.05) is 6.54 Å². The number of rotatable bonds is 5. The molecular weight excluding hydrogens is 342 g/mol. The molecule has 2 heterocycles. The van der Waals surface area contributed by atoms with Gasteiger partial charge in [-0.05, 0) is 31.2 Å². The van der Waals surface area contributed by atoms with E-state index in [2.05, 4.69) is 5.32 Å². The summed E-state index contributed by atoms with van der Waals surface area (Å²) in [6, 6.07) is 7.27. The number of fused-ring (bicyclic) bond motifs is 1. The molecule has 8 heteroatoms. The van der Waals surface area contributed by atoms with Gasteiger partial charge in [-0.2, -0.15) is 0 Å². The minimum absolute atomic E-state index is 0.00423. The summed E-state index contributed by atoms with van der Waals surface area (Å²) < 4.78 is 15.1. The lowest BCUT2D eigenvalue weighted by molar-refractivity contribution is -0.143. The number of carbonyl (C=O) groups excluding carboxylic acids is 2. The van der Waals surface area contributed by atoms with Crippen LogP contribution in [0.25, 0.3) is 11.0 Å². The van der Waals surface area contributed by atoms with E-state index in [0.717, 1.165) is 0 Å². The molecule has 0 atom stereocenters. The van der Waals surface area contributed by atoms with E-state index in [0.29, 0.717) is 16.5 Å². The normalized spacial score (nSPS) is 10.7. The molecule has 1 aromatic carbocycles. The first-order valence-corrected chi connectivity index (χ1v) is 7.68. The van der Waals surface area contributed by atoms with E-state index in [-0.39, 0.29) is 30.2 Å². The molecular formula is C18H15NO7. The molecule has 0 saturated heterocycles. The van der Waals surface area contributed by atoms with E-state index in [1.807, 2.05) is 0 Å². The fraction of sp³-hybridized carbons (Fsp3) is 0.167. The van der Waals surface area contributed by atoms with Crippen LogP contribution >= 0.6 is 0 Å². The molecule has 134 valence electrons. The summed E-state index contributed by atoms with van der Waals surface area (Å²) in [6.45, 7) is 1.08. The number of esters is 1. The van der Waals surface area contributed by atoms with Crippen molar-refractivity contribution < 1.29 is 28.3 Å². The lowest BCUT2D eigenvalue weighted by atomic mass is 10.1. The Morgan fingerprint density at radius 3 is 2.81 bits per heavy atom. The summed E-state index contributed by atoms with van der Waals surface area (Å²) in [4.78, 5) is 35.2. The predicted molar refractivity (Wildman–Crippen MR) is 89.7 cm³/mol. The van der Waals surface area contributed by atoms with Crippen molar-refractivity contribution in [1.29, 1.82) is 0 Å². The largest absolute Gasteiger partial charge is 0.508 e. The number of amides is 1. The number of aromatic hydroxyl groups is 1.